The van der Waals surface area contributed by atoms with E-state index in [2.05, 4.69) is 17.2 Å². The van der Waals surface area contributed by atoms with Crippen LogP contribution in [-0.2, 0) is 9.59 Å². The minimum atomic E-state index is -0.221. The van der Waals surface area contributed by atoms with Crippen molar-refractivity contribution in [2.75, 3.05) is 13.1 Å². The molecule has 2 unspecified atom stereocenters. The standard InChI is InChI=1S/C11H22N4O2/c1-8-4-5-9(11(12)17)7-15(8)6-2-3-10(16)14-13/h8-9H,2-7,13H2,1H3,(H2,12,17)(H,14,16). The molecule has 0 bridgehead atoms. The zero-order valence-corrected chi connectivity index (χ0v) is 10.3. The molecule has 0 spiro atoms. The topological polar surface area (TPSA) is 101 Å². The summed E-state index contributed by atoms with van der Waals surface area (Å²) in [6, 6.07) is 0.450. The number of carbonyl (C=O) groups excluding carboxylic acids is 2. The molecule has 1 rings (SSSR count). The second-order valence-electron chi connectivity index (χ2n) is 4.69. The number of nitrogens with two attached hydrogens (primary N) is 2. The number of primary amides is 1. The first-order valence-electron chi connectivity index (χ1n) is 6.07. The lowest BCUT2D eigenvalue weighted by Crippen LogP contribution is -2.46. The number of hydrazine groups is 1. The number of likely N-dealkylation sites (tertiary alicyclic amines) is 1. The number of nitrogens with one attached hydrogen (secondary N) is 1. The molecule has 1 aliphatic rings. The number of rotatable bonds is 5. The zero-order valence-electron chi connectivity index (χ0n) is 10.3. The first-order valence-corrected chi connectivity index (χ1v) is 6.07. The molecule has 6 nitrogen and oxygen atoms in total. The van der Waals surface area contributed by atoms with Crippen LogP contribution in [0.25, 0.3) is 0 Å². The molecule has 98 valence electrons. The smallest absolute Gasteiger partial charge is 0.233 e. The lowest BCUT2D eigenvalue weighted by atomic mass is 9.93. The molecule has 1 fully saturated rings. The molecule has 6 heteroatoms. The van der Waals surface area contributed by atoms with E-state index in [1.54, 1.807) is 0 Å². The lowest BCUT2D eigenvalue weighted by Gasteiger charge is -2.36. The summed E-state index contributed by atoms with van der Waals surface area (Å²) in [5.41, 5.74) is 7.44. The summed E-state index contributed by atoms with van der Waals surface area (Å²) in [5.74, 6) is 4.59. The molecular formula is C11H22N4O2. The van der Waals surface area contributed by atoms with Crippen LogP contribution < -0.4 is 17.0 Å². The van der Waals surface area contributed by atoms with E-state index in [1.165, 1.54) is 0 Å². The lowest BCUT2D eigenvalue weighted by molar-refractivity contribution is -0.124. The molecule has 0 saturated carbocycles. The summed E-state index contributed by atoms with van der Waals surface area (Å²) in [6.45, 7) is 3.65. The van der Waals surface area contributed by atoms with E-state index in [0.29, 0.717) is 19.0 Å². The van der Waals surface area contributed by atoms with Crippen molar-refractivity contribution in [3.8, 4) is 0 Å². The van der Waals surface area contributed by atoms with Gasteiger partial charge in [0.25, 0.3) is 0 Å². The number of hydrogen-bond acceptors (Lipinski definition) is 4. The van der Waals surface area contributed by atoms with Gasteiger partial charge in [-0.1, -0.05) is 0 Å². The monoisotopic (exact) mass is 242 g/mol. The molecule has 0 aromatic heterocycles. The maximum atomic E-state index is 11.1. The predicted molar refractivity (Wildman–Crippen MR) is 64.5 cm³/mol. The molecule has 0 radical (unpaired) electrons. The van der Waals surface area contributed by atoms with Gasteiger partial charge in [0.15, 0.2) is 0 Å². The Hall–Kier alpha value is -1.14. The van der Waals surface area contributed by atoms with Crippen molar-refractivity contribution in [3.63, 3.8) is 0 Å². The van der Waals surface area contributed by atoms with Gasteiger partial charge in [-0.2, -0.15) is 0 Å². The number of nitrogens with zero attached hydrogens (tertiary/aromatic N) is 1. The Morgan fingerprint density at radius 1 is 1.41 bits per heavy atom. The van der Waals surface area contributed by atoms with E-state index in [9.17, 15) is 9.59 Å². The van der Waals surface area contributed by atoms with Crippen molar-refractivity contribution < 1.29 is 9.59 Å². The van der Waals surface area contributed by atoms with Crippen LogP contribution >= 0.6 is 0 Å². The first-order chi connectivity index (χ1) is 8.04. The molecule has 1 saturated heterocycles. The van der Waals surface area contributed by atoms with Crippen LogP contribution in [0, 0.1) is 5.92 Å². The van der Waals surface area contributed by atoms with Gasteiger partial charge in [0.1, 0.15) is 0 Å². The molecular weight excluding hydrogens is 220 g/mol. The molecule has 2 amide bonds. The Labute approximate surface area is 102 Å². The second-order valence-corrected chi connectivity index (χ2v) is 4.69. The molecule has 0 aromatic carbocycles. The Bertz CT molecular complexity index is 283. The highest BCUT2D eigenvalue weighted by Crippen LogP contribution is 2.21. The fourth-order valence-electron chi connectivity index (χ4n) is 2.24. The largest absolute Gasteiger partial charge is 0.369 e. The summed E-state index contributed by atoms with van der Waals surface area (Å²) in [7, 11) is 0. The number of carbonyl (C=O) groups is 2. The third-order valence-corrected chi connectivity index (χ3v) is 3.42. The highest BCUT2D eigenvalue weighted by atomic mass is 16.2. The minimum absolute atomic E-state index is 0.0467. The van der Waals surface area contributed by atoms with E-state index < -0.39 is 0 Å². The van der Waals surface area contributed by atoms with Gasteiger partial charge in [-0.3, -0.25) is 19.9 Å². The average molecular weight is 242 g/mol. The van der Waals surface area contributed by atoms with E-state index in [4.69, 9.17) is 11.6 Å². The van der Waals surface area contributed by atoms with Gasteiger partial charge >= 0.3 is 0 Å². The molecule has 1 heterocycles. The Kier molecular flexibility index (Phi) is 5.37. The molecule has 0 aromatic rings. The average Bonchev–Trinajstić information content (AvgIpc) is 2.30. The van der Waals surface area contributed by atoms with Gasteiger partial charge in [0, 0.05) is 19.0 Å². The van der Waals surface area contributed by atoms with Crippen molar-refractivity contribution in [1.82, 2.24) is 10.3 Å². The number of piperidine rings is 1. The van der Waals surface area contributed by atoms with Gasteiger partial charge in [-0.05, 0) is 32.7 Å². The summed E-state index contributed by atoms with van der Waals surface area (Å²) in [6.07, 6.45) is 3.02. The summed E-state index contributed by atoms with van der Waals surface area (Å²) < 4.78 is 0. The van der Waals surface area contributed by atoms with Gasteiger partial charge < -0.3 is 5.73 Å². The highest BCUT2D eigenvalue weighted by Gasteiger charge is 2.28. The van der Waals surface area contributed by atoms with Crippen LogP contribution in [0.1, 0.15) is 32.6 Å². The predicted octanol–water partition coefficient (Wildman–Crippen LogP) is -0.658. The SMILES string of the molecule is CC1CCC(C(N)=O)CN1CCCC(=O)NN. The summed E-state index contributed by atoms with van der Waals surface area (Å²) in [4.78, 5) is 24.4. The fourth-order valence-corrected chi connectivity index (χ4v) is 2.24. The third-order valence-electron chi connectivity index (χ3n) is 3.42. The van der Waals surface area contributed by atoms with Crippen LogP contribution in [0.4, 0.5) is 0 Å². The van der Waals surface area contributed by atoms with Crippen LogP contribution in [0.2, 0.25) is 0 Å². The van der Waals surface area contributed by atoms with Crippen LogP contribution in [-0.4, -0.2) is 35.8 Å². The second kappa shape index (κ2) is 6.56. The van der Waals surface area contributed by atoms with Crippen molar-refractivity contribution in [3.05, 3.63) is 0 Å². The molecule has 0 aliphatic carbocycles. The Morgan fingerprint density at radius 2 is 2.12 bits per heavy atom. The Balaban J connectivity index is 2.34. The summed E-state index contributed by atoms with van der Waals surface area (Å²) in [5, 5.41) is 0. The third kappa shape index (κ3) is 4.32. The maximum Gasteiger partial charge on any atom is 0.233 e. The van der Waals surface area contributed by atoms with Gasteiger partial charge in [0.05, 0.1) is 5.92 Å². The quantitative estimate of drug-likeness (QED) is 0.338. The molecule has 5 N–H and O–H groups in total. The summed E-state index contributed by atoms with van der Waals surface area (Å²) >= 11 is 0. The van der Waals surface area contributed by atoms with Crippen LogP contribution in [0.15, 0.2) is 0 Å². The zero-order chi connectivity index (χ0) is 12.8. The van der Waals surface area contributed by atoms with Crippen LogP contribution in [0.3, 0.4) is 0 Å². The van der Waals surface area contributed by atoms with E-state index in [0.717, 1.165) is 25.8 Å². The first kappa shape index (κ1) is 13.9. The van der Waals surface area contributed by atoms with E-state index in [1.807, 2.05) is 0 Å². The van der Waals surface area contributed by atoms with Crippen molar-refractivity contribution in [2.45, 2.75) is 38.6 Å². The molecule has 17 heavy (non-hydrogen) atoms. The number of hydrogen-bond donors (Lipinski definition) is 3. The molecule has 1 aliphatic heterocycles. The van der Waals surface area contributed by atoms with E-state index in [-0.39, 0.29) is 17.7 Å². The van der Waals surface area contributed by atoms with Gasteiger partial charge in [-0.25, -0.2) is 5.84 Å². The maximum absolute atomic E-state index is 11.1. The molecule has 2 atom stereocenters. The fraction of sp³-hybridized carbons (Fsp3) is 0.818. The minimum Gasteiger partial charge on any atom is -0.369 e. The van der Waals surface area contributed by atoms with Gasteiger partial charge in [0.2, 0.25) is 11.8 Å². The van der Waals surface area contributed by atoms with Crippen molar-refractivity contribution in [1.29, 1.82) is 0 Å². The normalized spacial score (nSPS) is 25.5. The number of amides is 2. The van der Waals surface area contributed by atoms with Crippen LogP contribution in [0.5, 0.6) is 0 Å². The highest BCUT2D eigenvalue weighted by molar-refractivity contribution is 5.77. The van der Waals surface area contributed by atoms with E-state index >= 15 is 0 Å². The van der Waals surface area contributed by atoms with Crippen molar-refractivity contribution in [2.24, 2.45) is 17.5 Å². The van der Waals surface area contributed by atoms with Crippen molar-refractivity contribution >= 4 is 11.8 Å². The van der Waals surface area contributed by atoms with Gasteiger partial charge in [-0.15, -0.1) is 0 Å². The Morgan fingerprint density at radius 3 is 2.71 bits per heavy atom.